The van der Waals surface area contributed by atoms with E-state index in [2.05, 4.69) is 20.1 Å². The van der Waals surface area contributed by atoms with E-state index in [1.54, 1.807) is 19.2 Å². The minimum atomic E-state index is -4.78. The molecule has 4 rings (SSSR count). The lowest BCUT2D eigenvalue weighted by Crippen LogP contribution is -2.31. The molecule has 3 heterocycles. The number of nitrogens with one attached hydrogen (secondary N) is 1. The first kappa shape index (κ1) is 22.2. The standard InChI is InChI=1S/C21H16F4N4O4/c1-10(28-19(30)15-9-27-29-5-3-4-26-18(15)29)16-7-12-6-13(22)8-14(17(12)33-16)20(31)32-11(2)21(23,24)25/h3-11H,1-2H3,(H,28,30)/t10?,11-/m1/s1. The van der Waals surface area contributed by atoms with Gasteiger partial charge in [0.1, 0.15) is 28.3 Å². The van der Waals surface area contributed by atoms with E-state index in [0.717, 1.165) is 12.1 Å². The van der Waals surface area contributed by atoms with Gasteiger partial charge in [0.15, 0.2) is 11.8 Å². The molecule has 0 fully saturated rings. The maximum atomic E-state index is 14.0. The van der Waals surface area contributed by atoms with Gasteiger partial charge in [-0.3, -0.25) is 4.79 Å². The normalized spacial score (nSPS) is 13.8. The van der Waals surface area contributed by atoms with E-state index in [4.69, 9.17) is 4.42 Å². The quantitative estimate of drug-likeness (QED) is 0.351. The predicted octanol–water partition coefficient (Wildman–Crippen LogP) is 4.21. The predicted molar refractivity (Wildman–Crippen MR) is 106 cm³/mol. The molecule has 1 N–H and O–H groups in total. The molecule has 33 heavy (non-hydrogen) atoms. The number of furan rings is 1. The Kier molecular flexibility index (Phi) is 5.52. The molecule has 3 aromatic heterocycles. The van der Waals surface area contributed by atoms with Gasteiger partial charge in [-0.1, -0.05) is 0 Å². The Morgan fingerprint density at radius 1 is 1.18 bits per heavy atom. The van der Waals surface area contributed by atoms with Crippen molar-refractivity contribution in [2.24, 2.45) is 0 Å². The summed E-state index contributed by atoms with van der Waals surface area (Å²) in [4.78, 5) is 29.0. The Balaban J connectivity index is 1.60. The molecule has 0 aliphatic heterocycles. The SMILES string of the molecule is CC(NC(=O)c1cnn2cccnc12)c1cc2cc(F)cc(C(=O)O[C@H](C)C(F)(F)F)c2o1. The van der Waals surface area contributed by atoms with Gasteiger partial charge in [0.05, 0.1) is 12.2 Å². The van der Waals surface area contributed by atoms with Crippen LogP contribution in [0.3, 0.4) is 0 Å². The number of esters is 1. The van der Waals surface area contributed by atoms with Crippen molar-refractivity contribution in [3.63, 3.8) is 0 Å². The first-order valence-corrected chi connectivity index (χ1v) is 9.64. The lowest BCUT2D eigenvalue weighted by atomic mass is 10.1. The van der Waals surface area contributed by atoms with Gasteiger partial charge < -0.3 is 14.5 Å². The van der Waals surface area contributed by atoms with Crippen molar-refractivity contribution in [2.75, 3.05) is 0 Å². The highest BCUT2D eigenvalue weighted by molar-refractivity contribution is 6.02. The second-order valence-electron chi connectivity index (χ2n) is 7.25. The molecule has 0 spiro atoms. The average Bonchev–Trinajstić information content (AvgIpc) is 3.36. The summed E-state index contributed by atoms with van der Waals surface area (Å²) in [5.41, 5.74) is -0.130. The van der Waals surface area contributed by atoms with Crippen molar-refractivity contribution in [1.82, 2.24) is 19.9 Å². The van der Waals surface area contributed by atoms with Crippen molar-refractivity contribution in [1.29, 1.82) is 0 Å². The Bertz CT molecular complexity index is 1360. The van der Waals surface area contributed by atoms with E-state index in [1.807, 2.05) is 0 Å². The highest BCUT2D eigenvalue weighted by atomic mass is 19.4. The minimum Gasteiger partial charge on any atom is -0.458 e. The molecule has 12 heteroatoms. The number of nitrogens with zero attached hydrogens (tertiary/aromatic N) is 3. The number of halogens is 4. The smallest absolute Gasteiger partial charge is 0.425 e. The fourth-order valence-corrected chi connectivity index (χ4v) is 3.13. The molecule has 1 aromatic carbocycles. The van der Waals surface area contributed by atoms with Crippen LogP contribution in [0.1, 0.15) is 46.4 Å². The molecular weight excluding hydrogens is 448 g/mol. The Hall–Kier alpha value is -3.96. The summed E-state index contributed by atoms with van der Waals surface area (Å²) in [6.07, 6.45) is -2.70. The van der Waals surface area contributed by atoms with Crippen molar-refractivity contribution >= 4 is 28.5 Å². The van der Waals surface area contributed by atoms with E-state index in [9.17, 15) is 27.2 Å². The molecule has 1 amide bonds. The zero-order chi connectivity index (χ0) is 23.9. The van der Waals surface area contributed by atoms with E-state index in [1.165, 1.54) is 23.0 Å². The molecule has 0 aliphatic carbocycles. The second kappa shape index (κ2) is 8.19. The molecule has 8 nitrogen and oxygen atoms in total. The molecule has 0 saturated carbocycles. The van der Waals surface area contributed by atoms with Crippen LogP contribution >= 0.6 is 0 Å². The number of rotatable bonds is 5. The van der Waals surface area contributed by atoms with Crippen LogP contribution < -0.4 is 5.32 Å². The van der Waals surface area contributed by atoms with Crippen LogP contribution in [0.25, 0.3) is 16.6 Å². The van der Waals surface area contributed by atoms with Crippen molar-refractivity contribution in [2.45, 2.75) is 32.2 Å². The van der Waals surface area contributed by atoms with Crippen LogP contribution in [0, 0.1) is 5.82 Å². The Morgan fingerprint density at radius 3 is 2.67 bits per heavy atom. The van der Waals surface area contributed by atoms with Gasteiger partial charge >= 0.3 is 12.1 Å². The lowest BCUT2D eigenvalue weighted by molar-refractivity contribution is -0.198. The molecule has 0 aliphatic rings. The number of carbonyl (C=O) groups is 2. The number of benzene rings is 1. The van der Waals surface area contributed by atoms with Crippen LogP contribution in [-0.2, 0) is 4.74 Å². The number of hydrogen-bond acceptors (Lipinski definition) is 6. The van der Waals surface area contributed by atoms with E-state index in [-0.39, 0.29) is 22.3 Å². The van der Waals surface area contributed by atoms with Crippen molar-refractivity contribution < 1.29 is 36.3 Å². The number of ether oxygens (including phenoxy) is 1. The second-order valence-corrected chi connectivity index (χ2v) is 7.25. The minimum absolute atomic E-state index is 0.121. The van der Waals surface area contributed by atoms with E-state index < -0.39 is 41.6 Å². The number of alkyl halides is 3. The number of carbonyl (C=O) groups excluding carboxylic acids is 2. The van der Waals surface area contributed by atoms with Crippen molar-refractivity contribution in [3.8, 4) is 0 Å². The van der Waals surface area contributed by atoms with E-state index >= 15 is 0 Å². The number of amides is 1. The Labute approximate surface area is 183 Å². The monoisotopic (exact) mass is 464 g/mol. The maximum Gasteiger partial charge on any atom is 0.425 e. The van der Waals surface area contributed by atoms with Crippen LogP contribution in [-0.4, -0.2) is 38.8 Å². The molecule has 4 aromatic rings. The van der Waals surface area contributed by atoms with Crippen LogP contribution in [0.5, 0.6) is 0 Å². The van der Waals surface area contributed by atoms with Gasteiger partial charge in [0.25, 0.3) is 5.91 Å². The number of aromatic nitrogens is 3. The highest BCUT2D eigenvalue weighted by Gasteiger charge is 2.39. The summed E-state index contributed by atoms with van der Waals surface area (Å²) in [5, 5.41) is 6.84. The van der Waals surface area contributed by atoms with Gasteiger partial charge in [-0.2, -0.15) is 18.3 Å². The number of fused-ring (bicyclic) bond motifs is 2. The third kappa shape index (κ3) is 4.36. The van der Waals surface area contributed by atoms with Gasteiger partial charge in [-0.25, -0.2) is 18.7 Å². The topological polar surface area (TPSA) is 98.7 Å². The van der Waals surface area contributed by atoms with Gasteiger partial charge in [-0.05, 0) is 38.1 Å². The Morgan fingerprint density at radius 2 is 1.94 bits per heavy atom. The zero-order valence-electron chi connectivity index (χ0n) is 17.2. The summed E-state index contributed by atoms with van der Waals surface area (Å²) < 4.78 is 63.7. The molecular formula is C21H16F4N4O4. The highest BCUT2D eigenvalue weighted by Crippen LogP contribution is 2.30. The molecule has 0 bridgehead atoms. The summed E-state index contributed by atoms with van der Waals surface area (Å²) in [5.74, 6) is -2.62. The van der Waals surface area contributed by atoms with Crippen molar-refractivity contribution in [3.05, 3.63) is 65.6 Å². The summed E-state index contributed by atoms with van der Waals surface area (Å²) in [7, 11) is 0. The molecule has 0 radical (unpaired) electrons. The van der Waals surface area contributed by atoms with Gasteiger partial charge in [0.2, 0.25) is 0 Å². The first-order valence-electron chi connectivity index (χ1n) is 9.64. The van der Waals surface area contributed by atoms with Gasteiger partial charge in [0, 0.05) is 17.8 Å². The summed E-state index contributed by atoms with van der Waals surface area (Å²) in [6.45, 7) is 2.24. The lowest BCUT2D eigenvalue weighted by Gasteiger charge is -2.16. The fraction of sp³-hybridized carbons (Fsp3) is 0.238. The molecule has 2 atom stereocenters. The van der Waals surface area contributed by atoms with Gasteiger partial charge in [-0.15, -0.1) is 0 Å². The maximum absolute atomic E-state index is 14.0. The third-order valence-corrected chi connectivity index (χ3v) is 4.86. The molecule has 0 saturated heterocycles. The average molecular weight is 464 g/mol. The summed E-state index contributed by atoms with van der Waals surface area (Å²) in [6, 6.07) is 4.06. The largest absolute Gasteiger partial charge is 0.458 e. The zero-order valence-corrected chi connectivity index (χ0v) is 17.2. The number of hydrogen-bond donors (Lipinski definition) is 1. The summed E-state index contributed by atoms with van der Waals surface area (Å²) >= 11 is 0. The first-order chi connectivity index (χ1) is 15.5. The van der Waals surface area contributed by atoms with Crippen LogP contribution in [0.2, 0.25) is 0 Å². The third-order valence-electron chi connectivity index (χ3n) is 4.86. The van der Waals surface area contributed by atoms with Crippen LogP contribution in [0.15, 0.2) is 47.3 Å². The van der Waals surface area contributed by atoms with E-state index in [0.29, 0.717) is 12.6 Å². The molecule has 172 valence electrons. The fourth-order valence-electron chi connectivity index (χ4n) is 3.13. The molecule has 1 unspecified atom stereocenters. The van der Waals surface area contributed by atoms with Crippen LogP contribution in [0.4, 0.5) is 17.6 Å².